The second-order valence-electron chi connectivity index (χ2n) is 3.76. The van der Waals surface area contributed by atoms with Gasteiger partial charge in [0, 0.05) is 16.3 Å². The van der Waals surface area contributed by atoms with Gasteiger partial charge >= 0.3 is 0 Å². The van der Waals surface area contributed by atoms with Crippen LogP contribution in [0, 0.1) is 31.0 Å². The number of nitriles is 1. The number of aryl methyl sites for hydroxylation is 2. The van der Waals surface area contributed by atoms with Crippen molar-refractivity contribution in [2.45, 2.75) is 23.9 Å². The first kappa shape index (κ1) is 12.5. The van der Waals surface area contributed by atoms with Crippen LogP contribution in [0.3, 0.4) is 0 Å². The van der Waals surface area contributed by atoms with E-state index in [1.165, 1.54) is 17.8 Å². The molecule has 0 fully saturated rings. The van der Waals surface area contributed by atoms with E-state index >= 15 is 0 Å². The number of nitrogens with zero attached hydrogens (tertiary/aromatic N) is 3. The SMILES string of the molecule is Cc1cc(C)nc(Sc2cccc(F)c2C#N)n1. The minimum absolute atomic E-state index is 0.0326. The first-order valence-corrected chi connectivity index (χ1v) is 6.10. The van der Waals surface area contributed by atoms with Crippen LogP contribution in [-0.2, 0) is 0 Å². The van der Waals surface area contributed by atoms with Gasteiger partial charge in [0.2, 0.25) is 0 Å². The van der Waals surface area contributed by atoms with E-state index in [1.807, 2.05) is 26.0 Å². The van der Waals surface area contributed by atoms with Gasteiger partial charge in [-0.25, -0.2) is 14.4 Å². The fraction of sp³-hybridized carbons (Fsp3) is 0.154. The zero-order valence-corrected chi connectivity index (χ0v) is 10.8. The normalized spacial score (nSPS) is 10.1. The molecule has 0 amide bonds. The molecule has 0 saturated carbocycles. The summed E-state index contributed by atoms with van der Waals surface area (Å²) in [7, 11) is 0. The molecule has 2 rings (SSSR count). The van der Waals surface area contributed by atoms with E-state index in [0.29, 0.717) is 10.1 Å². The summed E-state index contributed by atoms with van der Waals surface area (Å²) in [6, 6.07) is 8.25. The van der Waals surface area contributed by atoms with Gasteiger partial charge in [-0.1, -0.05) is 6.07 Å². The Morgan fingerprint density at radius 1 is 1.22 bits per heavy atom. The molecule has 0 spiro atoms. The molecule has 0 unspecified atom stereocenters. The molecule has 0 bridgehead atoms. The van der Waals surface area contributed by atoms with Crippen LogP contribution in [0.5, 0.6) is 0 Å². The summed E-state index contributed by atoms with van der Waals surface area (Å²) in [5.74, 6) is -0.521. The number of rotatable bonds is 2. The Kier molecular flexibility index (Phi) is 3.58. The van der Waals surface area contributed by atoms with Crippen LogP contribution < -0.4 is 0 Å². The monoisotopic (exact) mass is 259 g/mol. The van der Waals surface area contributed by atoms with Crippen LogP contribution in [0.15, 0.2) is 34.3 Å². The van der Waals surface area contributed by atoms with E-state index in [2.05, 4.69) is 9.97 Å². The first-order valence-electron chi connectivity index (χ1n) is 5.29. The van der Waals surface area contributed by atoms with Crippen molar-refractivity contribution >= 4 is 11.8 Å². The number of aromatic nitrogens is 2. The predicted octanol–water partition coefficient (Wildman–Crippen LogP) is 3.26. The highest BCUT2D eigenvalue weighted by molar-refractivity contribution is 7.99. The molecule has 1 aromatic carbocycles. The Bertz CT molecular complexity index is 614. The highest BCUT2D eigenvalue weighted by Gasteiger charge is 2.11. The van der Waals surface area contributed by atoms with E-state index in [0.717, 1.165) is 11.4 Å². The summed E-state index contributed by atoms with van der Waals surface area (Å²) in [6.07, 6.45) is 0. The lowest BCUT2D eigenvalue weighted by molar-refractivity contribution is 0.620. The third-order valence-electron chi connectivity index (χ3n) is 2.25. The molecule has 0 aliphatic rings. The van der Waals surface area contributed by atoms with Crippen molar-refractivity contribution in [3.63, 3.8) is 0 Å². The fourth-order valence-electron chi connectivity index (χ4n) is 1.54. The molecule has 0 N–H and O–H groups in total. The summed E-state index contributed by atoms with van der Waals surface area (Å²) in [5.41, 5.74) is 1.73. The van der Waals surface area contributed by atoms with Crippen molar-refractivity contribution in [3.05, 3.63) is 47.0 Å². The van der Waals surface area contributed by atoms with E-state index < -0.39 is 5.82 Å². The van der Waals surface area contributed by atoms with Crippen LogP contribution >= 0.6 is 11.8 Å². The largest absolute Gasteiger partial charge is 0.228 e. The molecule has 90 valence electrons. The number of halogens is 1. The Hall–Kier alpha value is -1.93. The molecular formula is C13H10FN3S. The third kappa shape index (κ3) is 2.66. The summed E-state index contributed by atoms with van der Waals surface area (Å²) in [4.78, 5) is 9.04. The van der Waals surface area contributed by atoms with E-state index in [-0.39, 0.29) is 5.56 Å². The van der Waals surface area contributed by atoms with E-state index in [1.54, 1.807) is 12.1 Å². The molecule has 2 aromatic rings. The Morgan fingerprint density at radius 3 is 2.50 bits per heavy atom. The van der Waals surface area contributed by atoms with Crippen molar-refractivity contribution < 1.29 is 4.39 Å². The third-order valence-corrected chi connectivity index (χ3v) is 3.18. The predicted molar refractivity (Wildman–Crippen MR) is 66.7 cm³/mol. The topological polar surface area (TPSA) is 49.6 Å². The number of benzene rings is 1. The highest BCUT2D eigenvalue weighted by Crippen LogP contribution is 2.29. The molecule has 0 aliphatic heterocycles. The van der Waals surface area contributed by atoms with Crippen molar-refractivity contribution in [1.82, 2.24) is 9.97 Å². The van der Waals surface area contributed by atoms with Crippen LogP contribution in [0.25, 0.3) is 0 Å². The first-order chi connectivity index (χ1) is 8.60. The molecule has 0 saturated heterocycles. The van der Waals surface area contributed by atoms with Gasteiger partial charge in [-0.15, -0.1) is 0 Å². The van der Waals surface area contributed by atoms with Gasteiger partial charge in [-0.05, 0) is 43.8 Å². The number of hydrogen-bond acceptors (Lipinski definition) is 4. The molecule has 1 heterocycles. The average molecular weight is 259 g/mol. The van der Waals surface area contributed by atoms with Crippen molar-refractivity contribution in [2.75, 3.05) is 0 Å². The van der Waals surface area contributed by atoms with Gasteiger partial charge < -0.3 is 0 Å². The van der Waals surface area contributed by atoms with Crippen LogP contribution in [0.2, 0.25) is 0 Å². The lowest BCUT2D eigenvalue weighted by atomic mass is 10.2. The van der Waals surface area contributed by atoms with Gasteiger partial charge in [0.25, 0.3) is 0 Å². The summed E-state index contributed by atoms with van der Waals surface area (Å²) < 4.78 is 13.4. The van der Waals surface area contributed by atoms with Gasteiger partial charge in [-0.2, -0.15) is 5.26 Å². The molecule has 18 heavy (non-hydrogen) atoms. The second-order valence-corrected chi connectivity index (χ2v) is 4.77. The molecule has 5 heteroatoms. The molecule has 3 nitrogen and oxygen atoms in total. The zero-order chi connectivity index (χ0) is 13.1. The highest BCUT2D eigenvalue weighted by atomic mass is 32.2. The van der Waals surface area contributed by atoms with Gasteiger partial charge in [0.05, 0.1) is 0 Å². The summed E-state index contributed by atoms with van der Waals surface area (Å²) in [5, 5.41) is 9.47. The van der Waals surface area contributed by atoms with Crippen LogP contribution in [0.4, 0.5) is 4.39 Å². The van der Waals surface area contributed by atoms with E-state index in [9.17, 15) is 4.39 Å². The van der Waals surface area contributed by atoms with Gasteiger partial charge in [0.1, 0.15) is 17.4 Å². The van der Waals surface area contributed by atoms with Crippen molar-refractivity contribution in [2.24, 2.45) is 0 Å². The Labute approximate surface area is 109 Å². The Balaban J connectivity index is 2.40. The van der Waals surface area contributed by atoms with Gasteiger partial charge in [-0.3, -0.25) is 0 Å². The minimum atomic E-state index is -0.521. The summed E-state index contributed by atoms with van der Waals surface area (Å²) in [6.45, 7) is 3.74. The average Bonchev–Trinajstić information content (AvgIpc) is 2.27. The quantitative estimate of drug-likeness (QED) is 0.777. The Morgan fingerprint density at radius 2 is 1.89 bits per heavy atom. The zero-order valence-electron chi connectivity index (χ0n) is 9.94. The summed E-state index contributed by atoms with van der Waals surface area (Å²) >= 11 is 1.20. The van der Waals surface area contributed by atoms with Crippen LogP contribution in [-0.4, -0.2) is 9.97 Å². The standard InChI is InChI=1S/C13H10FN3S/c1-8-6-9(2)17-13(16-8)18-12-5-3-4-11(14)10(12)7-15/h3-6H,1-2H3. The maximum Gasteiger partial charge on any atom is 0.192 e. The maximum atomic E-state index is 13.4. The number of hydrogen-bond donors (Lipinski definition) is 0. The molecular weight excluding hydrogens is 249 g/mol. The fourth-order valence-corrected chi connectivity index (χ4v) is 2.50. The molecule has 0 atom stereocenters. The smallest absolute Gasteiger partial charge is 0.192 e. The van der Waals surface area contributed by atoms with E-state index in [4.69, 9.17) is 5.26 Å². The van der Waals surface area contributed by atoms with Crippen LogP contribution in [0.1, 0.15) is 17.0 Å². The minimum Gasteiger partial charge on any atom is -0.228 e. The molecule has 0 aliphatic carbocycles. The second kappa shape index (κ2) is 5.15. The van der Waals surface area contributed by atoms with Crippen molar-refractivity contribution in [1.29, 1.82) is 5.26 Å². The van der Waals surface area contributed by atoms with Crippen molar-refractivity contribution in [3.8, 4) is 6.07 Å². The lowest BCUT2D eigenvalue weighted by Crippen LogP contribution is -1.94. The molecule has 1 aromatic heterocycles. The lowest BCUT2D eigenvalue weighted by Gasteiger charge is -2.04. The molecule has 0 radical (unpaired) electrons. The van der Waals surface area contributed by atoms with Gasteiger partial charge in [0.15, 0.2) is 5.16 Å². The maximum absolute atomic E-state index is 13.4.